The number of nitriles is 1. The normalized spacial score (nSPS) is 8.38. The summed E-state index contributed by atoms with van der Waals surface area (Å²) in [5.74, 6) is 0.592. The first-order valence-electron chi connectivity index (χ1n) is 3.59. The molecule has 1 rings (SSSR count). The van der Waals surface area contributed by atoms with Gasteiger partial charge in [-0.05, 0) is 17.7 Å². The van der Waals surface area contributed by atoms with Gasteiger partial charge < -0.3 is 10.5 Å². The predicted molar refractivity (Wildman–Crippen MR) is 52.8 cm³/mol. The molecule has 70 valence electrons. The maximum Gasteiger partial charge on any atom is 0.136 e. The minimum Gasteiger partial charge on any atom is -0.495 e. The molecule has 0 atom stereocenters. The van der Waals surface area contributed by atoms with Crippen LogP contribution in [0.25, 0.3) is 0 Å². The maximum absolute atomic E-state index is 8.70. The fraction of sp³-hybridized carbons (Fsp3) is 0.222. The van der Waals surface area contributed by atoms with Gasteiger partial charge >= 0.3 is 0 Å². The average Bonchev–Trinajstić information content (AvgIpc) is 2.16. The van der Waals surface area contributed by atoms with Crippen molar-refractivity contribution in [2.24, 2.45) is 5.73 Å². The van der Waals surface area contributed by atoms with Crippen LogP contribution in [-0.2, 0) is 6.54 Å². The molecule has 0 fully saturated rings. The number of benzene rings is 1. The van der Waals surface area contributed by atoms with E-state index in [1.54, 1.807) is 12.1 Å². The minimum absolute atomic E-state index is 0. The van der Waals surface area contributed by atoms with Crippen LogP contribution in [0.15, 0.2) is 18.2 Å². The molecule has 0 saturated heterocycles. The second-order valence-electron chi connectivity index (χ2n) is 2.35. The standard InChI is InChI=1S/C9H10N2O.ClH/c1-12-9-3-2-7(5-10)4-8(9)6-11;/h2-4H,5,10H2,1H3;1H. The fourth-order valence-electron chi connectivity index (χ4n) is 0.969. The smallest absolute Gasteiger partial charge is 0.136 e. The minimum atomic E-state index is 0. The van der Waals surface area contributed by atoms with Crippen LogP contribution in [0.5, 0.6) is 5.75 Å². The SMILES string of the molecule is COc1ccc(CN)cc1C#N.Cl. The first kappa shape index (κ1) is 11.8. The van der Waals surface area contributed by atoms with Crippen LogP contribution in [0.2, 0.25) is 0 Å². The molecule has 1 aromatic carbocycles. The highest BCUT2D eigenvalue weighted by atomic mass is 35.5. The second-order valence-corrected chi connectivity index (χ2v) is 2.35. The Kier molecular flexibility index (Phi) is 4.90. The van der Waals surface area contributed by atoms with E-state index in [1.807, 2.05) is 12.1 Å². The molecule has 0 bridgehead atoms. The van der Waals surface area contributed by atoms with Gasteiger partial charge in [-0.1, -0.05) is 6.07 Å². The molecule has 0 heterocycles. The third kappa shape index (κ3) is 2.62. The molecular formula is C9H11ClN2O. The van der Waals surface area contributed by atoms with Gasteiger partial charge in [0, 0.05) is 6.54 Å². The van der Waals surface area contributed by atoms with Gasteiger partial charge in [0.25, 0.3) is 0 Å². The van der Waals surface area contributed by atoms with Crippen LogP contribution in [-0.4, -0.2) is 7.11 Å². The van der Waals surface area contributed by atoms with E-state index in [0.29, 0.717) is 17.9 Å². The molecule has 0 aliphatic carbocycles. The number of hydrogen-bond donors (Lipinski definition) is 1. The van der Waals surface area contributed by atoms with Gasteiger partial charge in [0.2, 0.25) is 0 Å². The van der Waals surface area contributed by atoms with Gasteiger partial charge in [-0.3, -0.25) is 0 Å². The lowest BCUT2D eigenvalue weighted by molar-refractivity contribution is 0.413. The fourth-order valence-corrected chi connectivity index (χ4v) is 0.969. The molecule has 13 heavy (non-hydrogen) atoms. The molecule has 0 aromatic heterocycles. The maximum atomic E-state index is 8.70. The van der Waals surface area contributed by atoms with E-state index in [2.05, 4.69) is 0 Å². The summed E-state index contributed by atoms with van der Waals surface area (Å²) in [6, 6.07) is 7.37. The highest BCUT2D eigenvalue weighted by Crippen LogP contribution is 2.18. The van der Waals surface area contributed by atoms with Crippen LogP contribution in [0.4, 0.5) is 0 Å². The van der Waals surface area contributed by atoms with E-state index in [1.165, 1.54) is 7.11 Å². The van der Waals surface area contributed by atoms with Crippen LogP contribution < -0.4 is 10.5 Å². The topological polar surface area (TPSA) is 59.0 Å². The Morgan fingerprint density at radius 3 is 2.69 bits per heavy atom. The largest absolute Gasteiger partial charge is 0.495 e. The van der Waals surface area contributed by atoms with E-state index >= 15 is 0 Å². The zero-order valence-electron chi connectivity index (χ0n) is 7.28. The Hall–Kier alpha value is -1.24. The third-order valence-electron chi connectivity index (χ3n) is 1.62. The molecule has 0 spiro atoms. The number of nitrogens with zero attached hydrogens (tertiary/aromatic N) is 1. The molecule has 0 amide bonds. The summed E-state index contributed by atoms with van der Waals surface area (Å²) in [6.07, 6.45) is 0. The number of hydrogen-bond acceptors (Lipinski definition) is 3. The molecule has 2 N–H and O–H groups in total. The number of rotatable bonds is 2. The van der Waals surface area contributed by atoms with Crippen molar-refractivity contribution in [3.63, 3.8) is 0 Å². The van der Waals surface area contributed by atoms with Crippen LogP contribution in [0.3, 0.4) is 0 Å². The van der Waals surface area contributed by atoms with Gasteiger partial charge in [-0.25, -0.2) is 0 Å². The van der Waals surface area contributed by atoms with Gasteiger partial charge in [-0.2, -0.15) is 5.26 Å². The first-order valence-corrected chi connectivity index (χ1v) is 3.59. The van der Waals surface area contributed by atoms with Gasteiger partial charge in [0.1, 0.15) is 11.8 Å². The van der Waals surface area contributed by atoms with E-state index in [0.717, 1.165) is 5.56 Å². The highest BCUT2D eigenvalue weighted by Gasteiger charge is 2.01. The van der Waals surface area contributed by atoms with Crippen LogP contribution >= 0.6 is 12.4 Å². The van der Waals surface area contributed by atoms with Gasteiger partial charge in [0.15, 0.2) is 0 Å². The summed E-state index contributed by atoms with van der Waals surface area (Å²) in [6.45, 7) is 0.443. The van der Waals surface area contributed by atoms with Crippen molar-refractivity contribution >= 4 is 12.4 Å². The highest BCUT2D eigenvalue weighted by molar-refractivity contribution is 5.85. The van der Waals surface area contributed by atoms with E-state index < -0.39 is 0 Å². The van der Waals surface area contributed by atoms with Crippen LogP contribution in [0, 0.1) is 11.3 Å². The monoisotopic (exact) mass is 198 g/mol. The van der Waals surface area contributed by atoms with Crippen molar-refractivity contribution in [2.75, 3.05) is 7.11 Å². The molecule has 1 aromatic rings. The van der Waals surface area contributed by atoms with E-state index in [4.69, 9.17) is 15.7 Å². The summed E-state index contributed by atoms with van der Waals surface area (Å²) in [5.41, 5.74) is 6.88. The summed E-state index contributed by atoms with van der Waals surface area (Å²) >= 11 is 0. The summed E-state index contributed by atoms with van der Waals surface area (Å²) < 4.78 is 4.97. The van der Waals surface area contributed by atoms with Crippen molar-refractivity contribution in [3.8, 4) is 11.8 Å². The Balaban J connectivity index is 0.00000144. The third-order valence-corrected chi connectivity index (χ3v) is 1.62. The summed E-state index contributed by atoms with van der Waals surface area (Å²) in [4.78, 5) is 0. The number of methoxy groups -OCH3 is 1. The lowest BCUT2D eigenvalue weighted by atomic mass is 10.1. The molecule has 0 aliphatic heterocycles. The lowest BCUT2D eigenvalue weighted by Gasteiger charge is -2.03. The molecule has 0 aliphatic rings. The molecule has 4 heteroatoms. The lowest BCUT2D eigenvalue weighted by Crippen LogP contribution is -1.97. The summed E-state index contributed by atoms with van der Waals surface area (Å²) in [7, 11) is 1.54. The molecule has 0 saturated carbocycles. The van der Waals surface area contributed by atoms with Crippen molar-refractivity contribution in [3.05, 3.63) is 29.3 Å². The quantitative estimate of drug-likeness (QED) is 0.783. The molecule has 0 radical (unpaired) electrons. The van der Waals surface area contributed by atoms with Crippen molar-refractivity contribution < 1.29 is 4.74 Å². The average molecular weight is 199 g/mol. The predicted octanol–water partition coefficient (Wildman–Crippen LogP) is 1.45. The van der Waals surface area contributed by atoms with E-state index in [-0.39, 0.29) is 12.4 Å². The van der Waals surface area contributed by atoms with Gasteiger partial charge in [0.05, 0.1) is 12.7 Å². The van der Waals surface area contributed by atoms with Crippen molar-refractivity contribution in [1.82, 2.24) is 0 Å². The molecule has 0 unspecified atom stereocenters. The Morgan fingerprint density at radius 2 is 2.23 bits per heavy atom. The summed E-state index contributed by atoms with van der Waals surface area (Å²) in [5, 5.41) is 8.70. The first-order chi connectivity index (χ1) is 5.81. The zero-order valence-corrected chi connectivity index (χ0v) is 8.10. The second kappa shape index (κ2) is 5.41. The van der Waals surface area contributed by atoms with E-state index in [9.17, 15) is 0 Å². The van der Waals surface area contributed by atoms with Crippen molar-refractivity contribution in [2.45, 2.75) is 6.54 Å². The molecule has 3 nitrogen and oxygen atoms in total. The number of ether oxygens (including phenoxy) is 1. The Bertz CT molecular complexity index is 320. The number of halogens is 1. The van der Waals surface area contributed by atoms with Crippen molar-refractivity contribution in [1.29, 1.82) is 5.26 Å². The van der Waals surface area contributed by atoms with Gasteiger partial charge in [-0.15, -0.1) is 12.4 Å². The zero-order chi connectivity index (χ0) is 8.97. The number of nitrogens with two attached hydrogens (primary N) is 1. The molecular weight excluding hydrogens is 188 g/mol. The Morgan fingerprint density at radius 1 is 1.54 bits per heavy atom. The Labute approximate surface area is 83.5 Å². The van der Waals surface area contributed by atoms with Crippen LogP contribution in [0.1, 0.15) is 11.1 Å².